The van der Waals surface area contributed by atoms with Gasteiger partial charge in [0.15, 0.2) is 0 Å². The highest BCUT2D eigenvalue weighted by atomic mass is 16.5. The van der Waals surface area contributed by atoms with Gasteiger partial charge in [0.2, 0.25) is 0 Å². The molecule has 2 aromatic rings. The zero-order valence-corrected chi connectivity index (χ0v) is 17.5. The fourth-order valence-corrected chi connectivity index (χ4v) is 3.58. The molecule has 1 aliphatic heterocycles. The summed E-state index contributed by atoms with van der Waals surface area (Å²) in [6.07, 6.45) is 7.09. The molecule has 0 bridgehead atoms. The van der Waals surface area contributed by atoms with E-state index in [9.17, 15) is 4.79 Å². The minimum atomic E-state index is -0.279. The number of carbonyl (C=O) groups is 1. The Kier molecular flexibility index (Phi) is 8.04. The number of ether oxygens (including phenoxy) is 1. The lowest BCUT2D eigenvalue weighted by atomic mass is 9.98. The topological polar surface area (TPSA) is 41.6 Å². The summed E-state index contributed by atoms with van der Waals surface area (Å²) >= 11 is 0. The van der Waals surface area contributed by atoms with E-state index >= 15 is 0 Å². The van der Waals surface area contributed by atoms with Crippen LogP contribution in [0.25, 0.3) is 0 Å². The molecule has 156 valence electrons. The Hall–Kier alpha value is -3.11. The normalized spacial score (nSPS) is 14.3. The van der Waals surface area contributed by atoms with Crippen LogP contribution in [0.1, 0.15) is 27.9 Å². The van der Waals surface area contributed by atoms with E-state index in [1.54, 1.807) is 6.08 Å². The maximum atomic E-state index is 13.0. The third-order valence-corrected chi connectivity index (χ3v) is 5.29. The monoisotopic (exact) mass is 402 g/mol. The lowest BCUT2D eigenvalue weighted by Gasteiger charge is -2.30. The number of hydrogen-bond acceptors (Lipinski definition) is 4. The summed E-state index contributed by atoms with van der Waals surface area (Å²) in [4.78, 5) is 15.3. The van der Waals surface area contributed by atoms with Gasteiger partial charge in [-0.2, -0.15) is 0 Å². The molecule has 1 N–H and O–H groups in total. The van der Waals surface area contributed by atoms with Gasteiger partial charge in [-0.05, 0) is 41.7 Å². The first-order valence-corrected chi connectivity index (χ1v) is 10.4. The molecule has 1 saturated heterocycles. The molecule has 3 rings (SSSR count). The predicted molar refractivity (Wildman–Crippen MR) is 124 cm³/mol. The number of rotatable bonds is 9. The molecule has 0 spiro atoms. The molecule has 0 saturated carbocycles. The van der Waals surface area contributed by atoms with Crippen LogP contribution in [0.15, 0.2) is 85.5 Å². The Morgan fingerprint density at radius 3 is 2.57 bits per heavy atom. The first-order chi connectivity index (χ1) is 14.7. The second-order valence-electron chi connectivity index (χ2n) is 7.32. The summed E-state index contributed by atoms with van der Waals surface area (Å²) < 4.78 is 5.66. The molecule has 1 fully saturated rings. The highest BCUT2D eigenvalue weighted by molar-refractivity contribution is 5.92. The number of nitrogens with one attached hydrogen (secondary N) is 1. The molecule has 4 nitrogen and oxygen atoms in total. The van der Waals surface area contributed by atoms with Crippen LogP contribution in [0.5, 0.6) is 0 Å². The molecule has 0 unspecified atom stereocenters. The minimum Gasteiger partial charge on any atom is -0.457 e. The van der Waals surface area contributed by atoms with Gasteiger partial charge in [-0.25, -0.2) is 4.79 Å². The van der Waals surface area contributed by atoms with Gasteiger partial charge < -0.3 is 15.0 Å². The smallest absolute Gasteiger partial charge is 0.338 e. The van der Waals surface area contributed by atoms with Crippen LogP contribution in [-0.4, -0.2) is 32.1 Å². The lowest BCUT2D eigenvalue weighted by molar-refractivity contribution is 0.0471. The van der Waals surface area contributed by atoms with E-state index in [-0.39, 0.29) is 12.6 Å². The van der Waals surface area contributed by atoms with Crippen molar-refractivity contribution < 1.29 is 9.53 Å². The third-order valence-electron chi connectivity index (χ3n) is 5.29. The largest absolute Gasteiger partial charge is 0.457 e. The van der Waals surface area contributed by atoms with E-state index in [2.05, 4.69) is 35.5 Å². The van der Waals surface area contributed by atoms with E-state index in [4.69, 9.17) is 4.74 Å². The zero-order chi connectivity index (χ0) is 21.2. The molecule has 1 heterocycles. The number of nitrogens with zero attached hydrogens (tertiary/aromatic N) is 1. The van der Waals surface area contributed by atoms with E-state index in [0.29, 0.717) is 5.56 Å². The van der Waals surface area contributed by atoms with Crippen LogP contribution in [0.2, 0.25) is 0 Å². The van der Waals surface area contributed by atoms with Gasteiger partial charge >= 0.3 is 5.97 Å². The number of anilines is 1. The van der Waals surface area contributed by atoms with Crippen molar-refractivity contribution in [2.75, 3.05) is 31.1 Å². The van der Waals surface area contributed by atoms with Crippen LogP contribution in [0.4, 0.5) is 5.69 Å². The second kappa shape index (κ2) is 11.2. The standard InChI is InChI=1S/C26H30N2O2/c1-3-8-21(4-2)11-12-23-13-14-24(28-17-15-27-16-18-28)19-25(23)26(29)30-20-22-9-6-5-7-10-22/h3-10,13-14,19,27H,1-2,11-12,15-18,20H2/b21-8+. The van der Waals surface area contributed by atoms with Crippen LogP contribution < -0.4 is 10.2 Å². The molecule has 0 atom stereocenters. The summed E-state index contributed by atoms with van der Waals surface area (Å²) in [6.45, 7) is 11.7. The number of allylic oxidation sites excluding steroid dienone is 4. The van der Waals surface area contributed by atoms with Crippen molar-refractivity contribution in [1.29, 1.82) is 0 Å². The number of esters is 1. The second-order valence-corrected chi connectivity index (χ2v) is 7.32. The quantitative estimate of drug-likeness (QED) is 0.488. The van der Waals surface area contributed by atoms with Crippen molar-refractivity contribution in [3.8, 4) is 0 Å². The summed E-state index contributed by atoms with van der Waals surface area (Å²) in [7, 11) is 0. The zero-order valence-electron chi connectivity index (χ0n) is 17.5. The molecule has 0 aliphatic carbocycles. The highest BCUT2D eigenvalue weighted by Gasteiger charge is 2.18. The maximum Gasteiger partial charge on any atom is 0.338 e. The Bertz CT molecular complexity index is 897. The Labute approximate surface area is 179 Å². The summed E-state index contributed by atoms with van der Waals surface area (Å²) in [5.74, 6) is -0.279. The maximum absolute atomic E-state index is 13.0. The van der Waals surface area contributed by atoms with Crippen molar-refractivity contribution in [1.82, 2.24) is 5.32 Å². The predicted octanol–water partition coefficient (Wildman–Crippen LogP) is 4.68. The molecule has 4 heteroatoms. The summed E-state index contributed by atoms with van der Waals surface area (Å²) in [5.41, 5.74) is 4.78. The first kappa shape index (κ1) is 21.6. The number of aryl methyl sites for hydroxylation is 1. The van der Waals surface area contributed by atoms with Crippen molar-refractivity contribution in [2.24, 2.45) is 0 Å². The molecule has 30 heavy (non-hydrogen) atoms. The average Bonchev–Trinajstić information content (AvgIpc) is 2.81. The highest BCUT2D eigenvalue weighted by Crippen LogP contribution is 2.24. The van der Waals surface area contributed by atoms with Gasteiger partial charge in [-0.1, -0.05) is 67.8 Å². The van der Waals surface area contributed by atoms with Gasteiger partial charge in [0.25, 0.3) is 0 Å². The van der Waals surface area contributed by atoms with Gasteiger partial charge in [-0.15, -0.1) is 0 Å². The molecule has 2 aromatic carbocycles. The minimum absolute atomic E-state index is 0.269. The first-order valence-electron chi connectivity index (χ1n) is 10.4. The molecule has 1 aliphatic rings. The van der Waals surface area contributed by atoms with Gasteiger partial charge in [0.05, 0.1) is 5.56 Å². The van der Waals surface area contributed by atoms with Crippen molar-refractivity contribution >= 4 is 11.7 Å². The third kappa shape index (κ3) is 5.94. The Balaban J connectivity index is 1.81. The van der Waals surface area contributed by atoms with Crippen LogP contribution >= 0.6 is 0 Å². The molecular formula is C26H30N2O2. The van der Waals surface area contributed by atoms with E-state index in [1.165, 1.54) is 0 Å². The molecule has 0 aromatic heterocycles. The number of piperazine rings is 1. The summed E-state index contributed by atoms with van der Waals surface area (Å²) in [6, 6.07) is 15.9. The van der Waals surface area contributed by atoms with Crippen molar-refractivity contribution in [3.05, 3.63) is 102 Å². The number of benzene rings is 2. The number of carbonyl (C=O) groups excluding carboxylic acids is 1. The van der Waals surface area contributed by atoms with Crippen LogP contribution in [-0.2, 0) is 17.8 Å². The van der Waals surface area contributed by atoms with E-state index < -0.39 is 0 Å². The van der Waals surface area contributed by atoms with Gasteiger partial charge in [-0.3, -0.25) is 0 Å². The van der Waals surface area contributed by atoms with Crippen LogP contribution in [0, 0.1) is 0 Å². The summed E-state index contributed by atoms with van der Waals surface area (Å²) in [5, 5.41) is 3.37. The molecule has 0 radical (unpaired) electrons. The van der Waals surface area contributed by atoms with E-state index in [0.717, 1.165) is 61.4 Å². The van der Waals surface area contributed by atoms with Gasteiger partial charge in [0.1, 0.15) is 6.61 Å². The average molecular weight is 403 g/mol. The van der Waals surface area contributed by atoms with Gasteiger partial charge in [0, 0.05) is 31.9 Å². The van der Waals surface area contributed by atoms with Crippen LogP contribution in [0.3, 0.4) is 0 Å². The molecule has 0 amide bonds. The van der Waals surface area contributed by atoms with Crippen molar-refractivity contribution in [2.45, 2.75) is 19.4 Å². The SMILES string of the molecule is C=C/C=C(\C=C)CCc1ccc(N2CCNCC2)cc1C(=O)OCc1ccccc1. The molecular weight excluding hydrogens is 372 g/mol. The van der Waals surface area contributed by atoms with Crippen molar-refractivity contribution in [3.63, 3.8) is 0 Å². The number of hydrogen-bond donors (Lipinski definition) is 1. The fraction of sp³-hybridized carbons (Fsp3) is 0.269. The lowest BCUT2D eigenvalue weighted by Crippen LogP contribution is -2.43. The van der Waals surface area contributed by atoms with E-state index in [1.807, 2.05) is 48.6 Å². The Morgan fingerprint density at radius 2 is 1.87 bits per heavy atom. The fourth-order valence-electron chi connectivity index (χ4n) is 3.58. The Morgan fingerprint density at radius 1 is 1.10 bits per heavy atom.